The van der Waals surface area contributed by atoms with Gasteiger partial charge in [-0.1, -0.05) is 35.5 Å². The highest BCUT2D eigenvalue weighted by Gasteiger charge is 2.16. The van der Waals surface area contributed by atoms with Gasteiger partial charge < -0.3 is 4.74 Å². The number of carbonyl (C=O) groups excluding carboxylic acids is 1. The Bertz CT molecular complexity index is 564. The van der Waals surface area contributed by atoms with Gasteiger partial charge in [0.05, 0.1) is 12.3 Å². The molecule has 1 aromatic carbocycles. The number of aromatic nitrogens is 3. The van der Waals surface area contributed by atoms with Gasteiger partial charge >= 0.3 is 5.97 Å². The second-order valence-electron chi connectivity index (χ2n) is 4.56. The van der Waals surface area contributed by atoms with Crippen molar-refractivity contribution in [3.05, 3.63) is 47.3 Å². The highest BCUT2D eigenvalue weighted by molar-refractivity contribution is 5.88. The average molecular weight is 273 g/mol. The molecule has 0 saturated heterocycles. The molecule has 0 unspecified atom stereocenters. The maximum Gasteiger partial charge on any atom is 0.360 e. The maximum absolute atomic E-state index is 11.6. The molecule has 1 aromatic heterocycles. The molecule has 0 spiro atoms. The summed E-state index contributed by atoms with van der Waals surface area (Å²) in [5, 5.41) is 7.91. The minimum atomic E-state index is -0.403. The number of esters is 1. The number of hydrogen-bond donors (Lipinski definition) is 0. The molecular weight excluding hydrogens is 254 g/mol. The van der Waals surface area contributed by atoms with E-state index >= 15 is 0 Å². The van der Waals surface area contributed by atoms with Gasteiger partial charge in [0, 0.05) is 6.54 Å². The Hall–Kier alpha value is -2.17. The van der Waals surface area contributed by atoms with Crippen LogP contribution in [0.25, 0.3) is 0 Å². The standard InChI is InChI=1S/C15H19N3O2/c1-3-20-15(19)14-12(2)18(17-16-14)11-7-10-13-8-5-4-6-9-13/h4-6,8-9H,3,7,10-11H2,1-2H3. The van der Waals surface area contributed by atoms with E-state index in [9.17, 15) is 4.79 Å². The molecular formula is C15H19N3O2. The van der Waals surface area contributed by atoms with E-state index in [1.54, 1.807) is 11.6 Å². The fraction of sp³-hybridized carbons (Fsp3) is 0.400. The molecule has 1 heterocycles. The molecule has 5 heteroatoms. The summed E-state index contributed by atoms with van der Waals surface area (Å²) < 4.78 is 6.70. The molecule has 0 radical (unpaired) electrons. The van der Waals surface area contributed by atoms with Crippen LogP contribution in [-0.2, 0) is 17.7 Å². The van der Waals surface area contributed by atoms with E-state index in [0.717, 1.165) is 25.1 Å². The lowest BCUT2D eigenvalue weighted by molar-refractivity contribution is 0.0518. The number of aryl methyl sites for hydroxylation is 2. The van der Waals surface area contributed by atoms with Gasteiger partial charge in [0.25, 0.3) is 0 Å². The van der Waals surface area contributed by atoms with Crippen LogP contribution in [0.3, 0.4) is 0 Å². The van der Waals surface area contributed by atoms with Crippen molar-refractivity contribution >= 4 is 5.97 Å². The Morgan fingerprint density at radius 2 is 2.05 bits per heavy atom. The zero-order valence-electron chi connectivity index (χ0n) is 11.9. The van der Waals surface area contributed by atoms with E-state index in [4.69, 9.17) is 4.74 Å². The van der Waals surface area contributed by atoms with Crippen molar-refractivity contribution in [3.63, 3.8) is 0 Å². The van der Waals surface area contributed by atoms with E-state index in [1.165, 1.54) is 5.56 Å². The van der Waals surface area contributed by atoms with Crippen molar-refractivity contribution in [3.8, 4) is 0 Å². The van der Waals surface area contributed by atoms with Crippen LogP contribution in [0.4, 0.5) is 0 Å². The zero-order chi connectivity index (χ0) is 14.4. The Labute approximate surface area is 118 Å². The van der Waals surface area contributed by atoms with Crippen LogP contribution in [-0.4, -0.2) is 27.6 Å². The first-order valence-corrected chi connectivity index (χ1v) is 6.83. The first kappa shape index (κ1) is 14.2. The second-order valence-corrected chi connectivity index (χ2v) is 4.56. The molecule has 20 heavy (non-hydrogen) atoms. The number of carbonyl (C=O) groups is 1. The molecule has 0 saturated carbocycles. The SMILES string of the molecule is CCOC(=O)c1nnn(CCCc2ccccc2)c1C. The van der Waals surface area contributed by atoms with Crippen LogP contribution >= 0.6 is 0 Å². The third kappa shape index (κ3) is 3.44. The molecule has 0 atom stereocenters. The van der Waals surface area contributed by atoms with Crippen LogP contribution in [0.5, 0.6) is 0 Å². The van der Waals surface area contributed by atoms with Crippen LogP contribution < -0.4 is 0 Å². The van der Waals surface area contributed by atoms with Crippen LogP contribution in [0.15, 0.2) is 30.3 Å². The number of ether oxygens (including phenoxy) is 1. The molecule has 0 aliphatic carbocycles. The first-order valence-electron chi connectivity index (χ1n) is 6.83. The van der Waals surface area contributed by atoms with E-state index in [2.05, 4.69) is 22.4 Å². The van der Waals surface area contributed by atoms with Crippen molar-refractivity contribution in [1.29, 1.82) is 0 Å². The van der Waals surface area contributed by atoms with Crippen LogP contribution in [0.1, 0.15) is 35.1 Å². The molecule has 0 aliphatic rings. The lowest BCUT2D eigenvalue weighted by Gasteiger charge is -2.04. The molecule has 0 amide bonds. The quantitative estimate of drug-likeness (QED) is 0.758. The van der Waals surface area contributed by atoms with Crippen LogP contribution in [0, 0.1) is 6.92 Å². The summed E-state index contributed by atoms with van der Waals surface area (Å²) >= 11 is 0. The summed E-state index contributed by atoms with van der Waals surface area (Å²) in [5.41, 5.74) is 2.37. The Kier molecular flexibility index (Phi) is 4.87. The van der Waals surface area contributed by atoms with Gasteiger partial charge in [-0.2, -0.15) is 0 Å². The molecule has 0 N–H and O–H groups in total. The Balaban J connectivity index is 1.92. The van der Waals surface area contributed by atoms with Crippen molar-refractivity contribution in [2.75, 3.05) is 6.61 Å². The van der Waals surface area contributed by atoms with Gasteiger partial charge in [-0.3, -0.25) is 0 Å². The molecule has 0 bridgehead atoms. The first-order chi connectivity index (χ1) is 9.72. The van der Waals surface area contributed by atoms with E-state index in [1.807, 2.05) is 25.1 Å². The molecule has 5 nitrogen and oxygen atoms in total. The Morgan fingerprint density at radius 1 is 1.30 bits per heavy atom. The minimum Gasteiger partial charge on any atom is -0.461 e. The fourth-order valence-corrected chi connectivity index (χ4v) is 2.04. The average Bonchev–Trinajstić information content (AvgIpc) is 2.82. The van der Waals surface area contributed by atoms with Crippen molar-refractivity contribution in [2.24, 2.45) is 0 Å². The summed E-state index contributed by atoms with van der Waals surface area (Å²) in [4.78, 5) is 11.6. The maximum atomic E-state index is 11.6. The third-order valence-corrected chi connectivity index (χ3v) is 3.13. The molecule has 2 rings (SSSR count). The van der Waals surface area contributed by atoms with E-state index in [0.29, 0.717) is 12.3 Å². The van der Waals surface area contributed by atoms with Gasteiger partial charge in [0.2, 0.25) is 0 Å². The monoisotopic (exact) mass is 273 g/mol. The third-order valence-electron chi connectivity index (χ3n) is 3.13. The number of nitrogens with zero attached hydrogens (tertiary/aromatic N) is 3. The number of rotatable bonds is 6. The Morgan fingerprint density at radius 3 is 2.75 bits per heavy atom. The van der Waals surface area contributed by atoms with Gasteiger partial charge in [-0.25, -0.2) is 9.48 Å². The highest BCUT2D eigenvalue weighted by Crippen LogP contribution is 2.08. The highest BCUT2D eigenvalue weighted by atomic mass is 16.5. The number of benzene rings is 1. The summed E-state index contributed by atoms with van der Waals surface area (Å²) in [7, 11) is 0. The summed E-state index contributed by atoms with van der Waals surface area (Å²) in [5.74, 6) is -0.403. The normalized spacial score (nSPS) is 10.5. The van der Waals surface area contributed by atoms with Crippen LogP contribution in [0.2, 0.25) is 0 Å². The summed E-state index contributed by atoms with van der Waals surface area (Å²) in [6, 6.07) is 10.3. The van der Waals surface area contributed by atoms with Crippen molar-refractivity contribution in [2.45, 2.75) is 33.2 Å². The fourth-order valence-electron chi connectivity index (χ4n) is 2.04. The second kappa shape index (κ2) is 6.84. The minimum absolute atomic E-state index is 0.312. The van der Waals surface area contributed by atoms with E-state index in [-0.39, 0.29) is 0 Å². The topological polar surface area (TPSA) is 57.0 Å². The smallest absolute Gasteiger partial charge is 0.360 e. The molecule has 0 aliphatic heterocycles. The predicted molar refractivity (Wildman–Crippen MR) is 75.5 cm³/mol. The molecule has 106 valence electrons. The van der Waals surface area contributed by atoms with E-state index < -0.39 is 5.97 Å². The largest absolute Gasteiger partial charge is 0.461 e. The zero-order valence-corrected chi connectivity index (χ0v) is 11.9. The van der Waals surface area contributed by atoms with Gasteiger partial charge in [-0.05, 0) is 32.3 Å². The lowest BCUT2D eigenvalue weighted by atomic mass is 10.1. The molecule has 0 fully saturated rings. The lowest BCUT2D eigenvalue weighted by Crippen LogP contribution is -2.08. The summed E-state index contributed by atoms with van der Waals surface area (Å²) in [6.07, 6.45) is 1.94. The van der Waals surface area contributed by atoms with Crippen molar-refractivity contribution in [1.82, 2.24) is 15.0 Å². The van der Waals surface area contributed by atoms with Gasteiger partial charge in [0.15, 0.2) is 5.69 Å². The summed E-state index contributed by atoms with van der Waals surface area (Å²) in [6.45, 7) is 4.71. The number of hydrogen-bond acceptors (Lipinski definition) is 4. The predicted octanol–water partition coefficient (Wildman–Crippen LogP) is 2.40. The van der Waals surface area contributed by atoms with Gasteiger partial charge in [0.1, 0.15) is 0 Å². The molecule has 2 aromatic rings. The van der Waals surface area contributed by atoms with Crippen molar-refractivity contribution < 1.29 is 9.53 Å². The van der Waals surface area contributed by atoms with Gasteiger partial charge in [-0.15, -0.1) is 5.10 Å².